The number of hydrogen-bond donors (Lipinski definition) is 1. The lowest BCUT2D eigenvalue weighted by molar-refractivity contribution is -0.113. The molecule has 33 heavy (non-hydrogen) atoms. The van der Waals surface area contributed by atoms with Crippen LogP contribution in [0.4, 0.5) is 5.82 Å². The van der Waals surface area contributed by atoms with Gasteiger partial charge in [0, 0.05) is 6.20 Å². The number of anilines is 1. The number of nitrogens with zero attached hydrogens (tertiary/aromatic N) is 3. The molecule has 168 valence electrons. The van der Waals surface area contributed by atoms with Gasteiger partial charge in [0.2, 0.25) is 5.91 Å². The molecule has 0 fully saturated rings. The maximum Gasteiger partial charge on any atom is 0.266 e. The van der Waals surface area contributed by atoms with Crippen molar-refractivity contribution < 1.29 is 4.79 Å². The van der Waals surface area contributed by atoms with Crippen LogP contribution in [0.15, 0.2) is 58.6 Å². The fourth-order valence-electron chi connectivity index (χ4n) is 3.51. The summed E-state index contributed by atoms with van der Waals surface area (Å²) < 4.78 is 1.59. The van der Waals surface area contributed by atoms with Crippen molar-refractivity contribution in [2.75, 3.05) is 11.1 Å². The highest BCUT2D eigenvalue weighted by atomic mass is 35.5. The number of benzene rings is 2. The highest BCUT2D eigenvalue weighted by molar-refractivity contribution is 7.99. The van der Waals surface area contributed by atoms with Gasteiger partial charge in [-0.3, -0.25) is 14.2 Å². The molecule has 0 radical (unpaired) electrons. The van der Waals surface area contributed by atoms with Gasteiger partial charge in [-0.25, -0.2) is 9.97 Å². The average Bonchev–Trinajstić information content (AvgIpc) is 2.79. The second-order valence-corrected chi connectivity index (χ2v) is 9.25. The van der Waals surface area contributed by atoms with Crippen molar-refractivity contribution in [3.05, 3.63) is 85.8 Å². The van der Waals surface area contributed by atoms with E-state index in [-0.39, 0.29) is 28.1 Å². The second-order valence-electron chi connectivity index (χ2n) is 7.52. The Morgan fingerprint density at radius 3 is 2.48 bits per heavy atom. The first-order valence-corrected chi connectivity index (χ1v) is 11.8. The van der Waals surface area contributed by atoms with Crippen molar-refractivity contribution in [1.82, 2.24) is 14.5 Å². The van der Waals surface area contributed by atoms with Crippen molar-refractivity contribution in [3.8, 4) is 5.69 Å². The zero-order valence-electron chi connectivity index (χ0n) is 18.1. The Labute approximate surface area is 205 Å². The molecular formula is C24H20Cl2N4O2S. The lowest BCUT2D eigenvalue weighted by Gasteiger charge is -2.17. The van der Waals surface area contributed by atoms with Crippen molar-refractivity contribution in [2.24, 2.45) is 0 Å². The molecule has 4 rings (SSSR count). The van der Waals surface area contributed by atoms with Crippen LogP contribution >= 0.6 is 35.0 Å². The van der Waals surface area contributed by atoms with Gasteiger partial charge in [0.25, 0.3) is 5.56 Å². The summed E-state index contributed by atoms with van der Waals surface area (Å²) in [6, 6.07) is 13.0. The SMILES string of the molecule is Cc1cccc(C)c1-n1c(SCC(=O)Nc2ncc(Cl)c(C)c2Cl)nc2ccccc2c1=O. The van der Waals surface area contributed by atoms with E-state index in [0.29, 0.717) is 26.6 Å². The van der Waals surface area contributed by atoms with Crippen molar-refractivity contribution in [2.45, 2.75) is 25.9 Å². The summed E-state index contributed by atoms with van der Waals surface area (Å²) in [5.41, 5.74) is 3.67. The smallest absolute Gasteiger partial charge is 0.266 e. The van der Waals surface area contributed by atoms with E-state index in [1.165, 1.54) is 18.0 Å². The number of pyridine rings is 1. The molecule has 0 aliphatic heterocycles. The Balaban J connectivity index is 1.71. The third kappa shape index (κ3) is 4.62. The first-order chi connectivity index (χ1) is 15.8. The summed E-state index contributed by atoms with van der Waals surface area (Å²) >= 11 is 13.5. The van der Waals surface area contributed by atoms with E-state index in [0.717, 1.165) is 16.8 Å². The number of para-hydroxylation sites is 2. The van der Waals surface area contributed by atoms with Gasteiger partial charge in [-0.1, -0.05) is 65.3 Å². The molecule has 0 aliphatic rings. The predicted octanol–water partition coefficient (Wildman–Crippen LogP) is 5.74. The average molecular weight is 499 g/mol. The van der Waals surface area contributed by atoms with Crippen molar-refractivity contribution >= 4 is 57.6 Å². The van der Waals surface area contributed by atoms with E-state index in [9.17, 15) is 9.59 Å². The molecule has 2 aromatic heterocycles. The Morgan fingerprint density at radius 2 is 1.76 bits per heavy atom. The van der Waals surface area contributed by atoms with Crippen molar-refractivity contribution in [1.29, 1.82) is 0 Å². The maximum atomic E-state index is 13.5. The third-order valence-corrected chi connectivity index (χ3v) is 6.98. The highest BCUT2D eigenvalue weighted by Crippen LogP contribution is 2.29. The van der Waals surface area contributed by atoms with Crippen LogP contribution in [0.3, 0.4) is 0 Å². The van der Waals surface area contributed by atoms with Crippen LogP contribution in [0, 0.1) is 20.8 Å². The summed E-state index contributed by atoms with van der Waals surface area (Å²) in [5.74, 6) is -0.0792. The fraction of sp³-hybridized carbons (Fsp3) is 0.167. The molecule has 0 saturated carbocycles. The van der Waals surface area contributed by atoms with Crippen LogP contribution in [0.5, 0.6) is 0 Å². The lowest BCUT2D eigenvalue weighted by atomic mass is 10.1. The largest absolute Gasteiger partial charge is 0.309 e. The van der Waals surface area contributed by atoms with Crippen LogP contribution in [0.2, 0.25) is 10.0 Å². The first kappa shape index (κ1) is 23.3. The third-order valence-electron chi connectivity index (χ3n) is 5.20. The number of thioether (sulfide) groups is 1. The number of aromatic nitrogens is 3. The minimum absolute atomic E-state index is 0.00932. The highest BCUT2D eigenvalue weighted by Gasteiger charge is 2.18. The molecule has 0 atom stereocenters. The van der Waals surface area contributed by atoms with E-state index < -0.39 is 0 Å². The summed E-state index contributed by atoms with van der Waals surface area (Å²) in [6.45, 7) is 5.64. The molecular weight excluding hydrogens is 479 g/mol. The number of rotatable bonds is 5. The topological polar surface area (TPSA) is 76.9 Å². The molecule has 1 amide bonds. The normalized spacial score (nSPS) is 11.1. The molecule has 2 heterocycles. The van der Waals surface area contributed by atoms with Gasteiger partial charge in [0.05, 0.1) is 32.4 Å². The lowest BCUT2D eigenvalue weighted by Crippen LogP contribution is -2.24. The molecule has 4 aromatic rings. The molecule has 0 bridgehead atoms. The minimum atomic E-state index is -0.327. The summed E-state index contributed by atoms with van der Waals surface area (Å²) in [6.07, 6.45) is 1.44. The summed E-state index contributed by atoms with van der Waals surface area (Å²) in [5, 5.41) is 4.36. The zero-order valence-corrected chi connectivity index (χ0v) is 20.5. The van der Waals surface area contributed by atoms with Crippen LogP contribution < -0.4 is 10.9 Å². The van der Waals surface area contributed by atoms with Gasteiger partial charge >= 0.3 is 0 Å². The molecule has 0 saturated heterocycles. The number of halogens is 2. The Morgan fingerprint density at radius 1 is 1.06 bits per heavy atom. The number of nitrogens with one attached hydrogen (secondary N) is 1. The number of hydrogen-bond acceptors (Lipinski definition) is 5. The van der Waals surface area contributed by atoms with E-state index in [1.807, 2.05) is 44.2 Å². The first-order valence-electron chi connectivity index (χ1n) is 10.1. The number of carbonyl (C=O) groups is 1. The summed E-state index contributed by atoms with van der Waals surface area (Å²) in [7, 11) is 0. The molecule has 0 aliphatic carbocycles. The van der Waals surface area contributed by atoms with Crippen LogP contribution in [-0.4, -0.2) is 26.2 Å². The number of carbonyl (C=O) groups excluding carboxylic acids is 1. The Bertz CT molecular complexity index is 1430. The maximum absolute atomic E-state index is 13.5. The van der Waals surface area contributed by atoms with Gasteiger partial charge in [0.15, 0.2) is 11.0 Å². The van der Waals surface area contributed by atoms with Gasteiger partial charge < -0.3 is 5.32 Å². The second kappa shape index (κ2) is 9.55. The molecule has 9 heteroatoms. The molecule has 1 N–H and O–H groups in total. The van der Waals surface area contributed by atoms with Gasteiger partial charge in [0.1, 0.15) is 0 Å². The van der Waals surface area contributed by atoms with Gasteiger partial charge in [-0.15, -0.1) is 0 Å². The van der Waals surface area contributed by atoms with Crippen molar-refractivity contribution in [3.63, 3.8) is 0 Å². The van der Waals surface area contributed by atoms with Crippen LogP contribution in [0.25, 0.3) is 16.6 Å². The zero-order chi connectivity index (χ0) is 23.7. The molecule has 0 spiro atoms. The van der Waals surface area contributed by atoms with E-state index in [2.05, 4.69) is 10.3 Å². The van der Waals surface area contributed by atoms with E-state index in [4.69, 9.17) is 28.2 Å². The number of amides is 1. The summed E-state index contributed by atoms with van der Waals surface area (Å²) in [4.78, 5) is 35.0. The Hall–Kier alpha value is -2.87. The van der Waals surface area contributed by atoms with E-state index in [1.54, 1.807) is 23.6 Å². The van der Waals surface area contributed by atoms with Gasteiger partial charge in [-0.05, 0) is 49.6 Å². The van der Waals surface area contributed by atoms with Crippen LogP contribution in [0.1, 0.15) is 16.7 Å². The number of fused-ring (bicyclic) bond motifs is 1. The number of aryl methyl sites for hydroxylation is 2. The Kier molecular flexibility index (Phi) is 6.74. The quantitative estimate of drug-likeness (QED) is 0.280. The molecule has 2 aromatic carbocycles. The molecule has 0 unspecified atom stereocenters. The predicted molar refractivity (Wildman–Crippen MR) is 135 cm³/mol. The minimum Gasteiger partial charge on any atom is -0.309 e. The fourth-order valence-corrected chi connectivity index (χ4v) is 4.70. The van der Waals surface area contributed by atoms with Gasteiger partial charge in [-0.2, -0.15) is 0 Å². The standard InChI is InChI=1S/C24H20Cl2N4O2S/c1-13-7-6-8-14(2)21(13)30-23(32)16-9-4-5-10-18(16)28-24(30)33-12-19(31)29-22-20(26)15(3)17(25)11-27-22/h4-11H,12H2,1-3H3,(H,27,29,31). The van der Waals surface area contributed by atoms with E-state index >= 15 is 0 Å². The monoisotopic (exact) mass is 498 g/mol. The molecule has 6 nitrogen and oxygen atoms in total. The van der Waals surface area contributed by atoms with Crippen LogP contribution in [-0.2, 0) is 4.79 Å².